The van der Waals surface area contributed by atoms with Crippen molar-refractivity contribution >= 4 is 5.91 Å². The average Bonchev–Trinajstić information content (AvgIpc) is 2.74. The predicted octanol–water partition coefficient (Wildman–Crippen LogP) is 0.611. The molecule has 6 heteroatoms. The fraction of sp³-hybridized carbons (Fsp3) is 0.727. The number of likely N-dealkylation sites (tertiary alicyclic amines) is 1. The highest BCUT2D eigenvalue weighted by Crippen LogP contribution is 2.24. The van der Waals surface area contributed by atoms with Gasteiger partial charge in [-0.05, 0) is 18.8 Å². The Kier molecular flexibility index (Phi) is 3.42. The van der Waals surface area contributed by atoms with Gasteiger partial charge in [-0.2, -0.15) is 4.98 Å². The number of aromatic nitrogens is 2. The highest BCUT2D eigenvalue weighted by atomic mass is 16.5. The standard InChI is InChI=1S/C11H17N3O3/c1-7-4-3-5-14(9(7)6-15)11(16)10-12-8(2)17-13-10/h7,9,15H,3-6H2,1-2H3. The number of aliphatic hydroxyl groups excluding tert-OH is 1. The van der Waals surface area contributed by atoms with E-state index in [1.165, 1.54) is 0 Å². The lowest BCUT2D eigenvalue weighted by atomic mass is 9.91. The zero-order valence-electron chi connectivity index (χ0n) is 10.1. The first-order valence-electron chi connectivity index (χ1n) is 5.85. The van der Waals surface area contributed by atoms with Crippen molar-refractivity contribution in [3.05, 3.63) is 11.7 Å². The Labute approximate surface area is 99.6 Å². The summed E-state index contributed by atoms with van der Waals surface area (Å²) in [5.41, 5.74) is 0. The van der Waals surface area contributed by atoms with Gasteiger partial charge in [0, 0.05) is 13.5 Å². The number of hydrogen-bond acceptors (Lipinski definition) is 5. The minimum atomic E-state index is -0.257. The summed E-state index contributed by atoms with van der Waals surface area (Å²) in [5, 5.41) is 13.0. The largest absolute Gasteiger partial charge is 0.394 e. The maximum absolute atomic E-state index is 12.2. The van der Waals surface area contributed by atoms with Crippen LogP contribution >= 0.6 is 0 Å². The van der Waals surface area contributed by atoms with Crippen molar-refractivity contribution in [2.24, 2.45) is 5.92 Å². The first-order valence-corrected chi connectivity index (χ1v) is 5.85. The van der Waals surface area contributed by atoms with E-state index < -0.39 is 0 Å². The molecule has 1 aliphatic rings. The van der Waals surface area contributed by atoms with E-state index in [0.717, 1.165) is 12.8 Å². The molecular weight excluding hydrogens is 222 g/mol. The molecule has 2 unspecified atom stereocenters. The molecule has 1 aliphatic heterocycles. The Morgan fingerprint density at radius 2 is 2.41 bits per heavy atom. The molecule has 2 atom stereocenters. The third-order valence-corrected chi connectivity index (χ3v) is 3.28. The normalized spacial score (nSPS) is 25.0. The molecule has 0 radical (unpaired) electrons. The SMILES string of the molecule is Cc1nc(C(=O)N2CCCC(C)C2CO)no1. The van der Waals surface area contributed by atoms with Crippen molar-refractivity contribution in [2.45, 2.75) is 32.7 Å². The van der Waals surface area contributed by atoms with Crippen LogP contribution in [0.1, 0.15) is 36.3 Å². The van der Waals surface area contributed by atoms with Gasteiger partial charge in [-0.15, -0.1) is 0 Å². The molecule has 1 amide bonds. The zero-order chi connectivity index (χ0) is 12.4. The van der Waals surface area contributed by atoms with E-state index >= 15 is 0 Å². The molecule has 2 rings (SSSR count). The Morgan fingerprint density at radius 3 is 3.00 bits per heavy atom. The third kappa shape index (κ3) is 2.31. The Bertz CT molecular complexity index is 404. The van der Waals surface area contributed by atoms with Gasteiger partial charge in [0.25, 0.3) is 11.7 Å². The number of rotatable bonds is 2. The van der Waals surface area contributed by atoms with Gasteiger partial charge >= 0.3 is 0 Å². The van der Waals surface area contributed by atoms with Crippen LogP contribution < -0.4 is 0 Å². The molecule has 0 aromatic carbocycles. The van der Waals surface area contributed by atoms with Crippen molar-refractivity contribution in [1.29, 1.82) is 0 Å². The van der Waals surface area contributed by atoms with Gasteiger partial charge in [-0.3, -0.25) is 4.79 Å². The number of piperidine rings is 1. The van der Waals surface area contributed by atoms with Crippen LogP contribution in [-0.2, 0) is 0 Å². The maximum atomic E-state index is 12.2. The molecule has 1 fully saturated rings. The second kappa shape index (κ2) is 4.83. The molecule has 0 spiro atoms. The summed E-state index contributed by atoms with van der Waals surface area (Å²) < 4.78 is 4.80. The Balaban J connectivity index is 2.17. The Hall–Kier alpha value is -1.43. The lowest BCUT2D eigenvalue weighted by Crippen LogP contribution is -2.49. The second-order valence-electron chi connectivity index (χ2n) is 4.50. The molecule has 0 bridgehead atoms. The van der Waals surface area contributed by atoms with Gasteiger partial charge in [0.15, 0.2) is 0 Å². The van der Waals surface area contributed by atoms with E-state index in [0.29, 0.717) is 18.4 Å². The lowest BCUT2D eigenvalue weighted by molar-refractivity contribution is 0.0345. The number of carbonyl (C=O) groups is 1. The highest BCUT2D eigenvalue weighted by molar-refractivity contribution is 5.90. The summed E-state index contributed by atoms with van der Waals surface area (Å²) in [6.45, 7) is 4.31. The fourth-order valence-corrected chi connectivity index (χ4v) is 2.29. The van der Waals surface area contributed by atoms with Gasteiger partial charge in [-0.1, -0.05) is 12.1 Å². The van der Waals surface area contributed by atoms with Gasteiger partial charge < -0.3 is 14.5 Å². The van der Waals surface area contributed by atoms with Crippen LogP contribution in [0.15, 0.2) is 4.52 Å². The van der Waals surface area contributed by atoms with E-state index in [1.807, 2.05) is 6.92 Å². The van der Waals surface area contributed by atoms with Crippen molar-refractivity contribution in [3.63, 3.8) is 0 Å². The summed E-state index contributed by atoms with van der Waals surface area (Å²) in [5.74, 6) is 0.493. The second-order valence-corrected chi connectivity index (χ2v) is 4.50. The molecule has 1 saturated heterocycles. The topological polar surface area (TPSA) is 79.5 Å². The van der Waals surface area contributed by atoms with Crippen LogP contribution in [0.5, 0.6) is 0 Å². The quantitative estimate of drug-likeness (QED) is 0.818. The van der Waals surface area contributed by atoms with Gasteiger partial charge in [0.1, 0.15) is 0 Å². The fourth-order valence-electron chi connectivity index (χ4n) is 2.29. The monoisotopic (exact) mass is 239 g/mol. The van der Waals surface area contributed by atoms with Crippen LogP contribution in [0.4, 0.5) is 0 Å². The zero-order valence-corrected chi connectivity index (χ0v) is 10.1. The number of aliphatic hydroxyl groups is 1. The number of nitrogens with zero attached hydrogens (tertiary/aromatic N) is 3. The maximum Gasteiger partial charge on any atom is 0.295 e. The van der Waals surface area contributed by atoms with Crippen molar-refractivity contribution in [3.8, 4) is 0 Å². The summed E-state index contributed by atoms with van der Waals surface area (Å²) >= 11 is 0. The lowest BCUT2D eigenvalue weighted by Gasteiger charge is -2.38. The molecule has 1 aromatic rings. The van der Waals surface area contributed by atoms with Crippen LogP contribution in [0.25, 0.3) is 0 Å². The predicted molar refractivity (Wildman–Crippen MR) is 59.3 cm³/mol. The number of carbonyl (C=O) groups excluding carboxylic acids is 1. The van der Waals surface area contributed by atoms with Crippen LogP contribution in [0, 0.1) is 12.8 Å². The molecule has 94 valence electrons. The van der Waals surface area contributed by atoms with Crippen LogP contribution in [0.2, 0.25) is 0 Å². The summed E-state index contributed by atoms with van der Waals surface area (Å²) in [6.07, 6.45) is 1.97. The molecule has 2 heterocycles. The minimum absolute atomic E-state index is 0.0241. The molecular formula is C11H17N3O3. The van der Waals surface area contributed by atoms with Crippen molar-refractivity contribution < 1.29 is 14.4 Å². The Morgan fingerprint density at radius 1 is 1.65 bits per heavy atom. The summed E-state index contributed by atoms with van der Waals surface area (Å²) in [7, 11) is 0. The first kappa shape index (κ1) is 12.0. The van der Waals surface area contributed by atoms with E-state index in [1.54, 1.807) is 11.8 Å². The van der Waals surface area contributed by atoms with E-state index in [2.05, 4.69) is 10.1 Å². The van der Waals surface area contributed by atoms with Gasteiger partial charge in [0.05, 0.1) is 12.6 Å². The first-order chi connectivity index (χ1) is 8.13. The number of hydrogen-bond donors (Lipinski definition) is 1. The molecule has 0 saturated carbocycles. The molecule has 0 aliphatic carbocycles. The van der Waals surface area contributed by atoms with E-state index in [9.17, 15) is 9.90 Å². The summed E-state index contributed by atoms with van der Waals surface area (Å²) in [4.78, 5) is 17.7. The molecule has 6 nitrogen and oxygen atoms in total. The number of aryl methyl sites for hydroxylation is 1. The van der Waals surface area contributed by atoms with E-state index in [4.69, 9.17) is 4.52 Å². The summed E-state index contributed by atoms with van der Waals surface area (Å²) in [6, 6.07) is -0.143. The minimum Gasteiger partial charge on any atom is -0.394 e. The highest BCUT2D eigenvalue weighted by Gasteiger charge is 2.33. The van der Waals surface area contributed by atoms with E-state index in [-0.39, 0.29) is 24.4 Å². The van der Waals surface area contributed by atoms with Gasteiger partial charge in [-0.25, -0.2) is 0 Å². The molecule has 1 aromatic heterocycles. The van der Waals surface area contributed by atoms with Crippen molar-refractivity contribution in [1.82, 2.24) is 15.0 Å². The molecule has 1 N–H and O–H groups in total. The third-order valence-electron chi connectivity index (χ3n) is 3.28. The van der Waals surface area contributed by atoms with Crippen molar-refractivity contribution in [2.75, 3.05) is 13.2 Å². The molecule has 17 heavy (non-hydrogen) atoms. The average molecular weight is 239 g/mol. The number of amides is 1. The van der Waals surface area contributed by atoms with Crippen LogP contribution in [-0.4, -0.2) is 45.2 Å². The smallest absolute Gasteiger partial charge is 0.295 e. The van der Waals surface area contributed by atoms with Crippen LogP contribution in [0.3, 0.4) is 0 Å². The van der Waals surface area contributed by atoms with Gasteiger partial charge in [0.2, 0.25) is 5.89 Å².